The van der Waals surface area contributed by atoms with Gasteiger partial charge in [-0.05, 0) is 13.8 Å². The van der Waals surface area contributed by atoms with Gasteiger partial charge in [-0.25, -0.2) is 0 Å². The van der Waals surface area contributed by atoms with E-state index in [0.29, 0.717) is 18.1 Å². The first kappa shape index (κ1) is 7.73. The maximum Gasteiger partial charge on any atom is 0.227 e. The predicted octanol–water partition coefficient (Wildman–Crippen LogP) is 1.08. The van der Waals surface area contributed by atoms with Crippen molar-refractivity contribution in [2.24, 2.45) is 5.92 Å². The summed E-state index contributed by atoms with van der Waals surface area (Å²) in [5.41, 5.74) is 0. The molecule has 0 aliphatic heterocycles. The molecule has 0 aromatic carbocycles. The average molecular weight is 151 g/mol. The monoisotopic (exact) mass is 151 g/mol. The summed E-state index contributed by atoms with van der Waals surface area (Å²) in [4.78, 5) is 3.97. The molecular formula is C7H9N3O. The first-order chi connectivity index (χ1) is 5.22. The number of hydrogen-bond donors (Lipinski definition) is 0. The molecule has 0 N–H and O–H groups in total. The van der Waals surface area contributed by atoms with Gasteiger partial charge >= 0.3 is 0 Å². The highest BCUT2D eigenvalue weighted by Gasteiger charge is 2.07. The molecule has 1 rings (SSSR count). The van der Waals surface area contributed by atoms with Gasteiger partial charge in [0.25, 0.3) is 0 Å². The lowest BCUT2D eigenvalue weighted by Crippen LogP contribution is -1.95. The van der Waals surface area contributed by atoms with Crippen LogP contribution in [0.4, 0.5) is 0 Å². The van der Waals surface area contributed by atoms with Crippen molar-refractivity contribution < 1.29 is 4.52 Å². The molecule has 0 radical (unpaired) electrons. The van der Waals surface area contributed by atoms with Crippen molar-refractivity contribution in [3.8, 4) is 6.07 Å². The van der Waals surface area contributed by atoms with Gasteiger partial charge in [0.1, 0.15) is 0 Å². The molecule has 1 atom stereocenters. The van der Waals surface area contributed by atoms with Crippen LogP contribution in [0, 0.1) is 24.2 Å². The third-order valence-electron chi connectivity index (χ3n) is 1.27. The summed E-state index contributed by atoms with van der Waals surface area (Å²) in [6.07, 6.45) is 0.539. The molecule has 0 fully saturated rings. The molecule has 1 aromatic rings. The molecule has 0 aliphatic carbocycles. The minimum Gasteiger partial charge on any atom is -0.339 e. The fourth-order valence-electron chi connectivity index (χ4n) is 0.731. The van der Waals surface area contributed by atoms with Crippen LogP contribution in [0.5, 0.6) is 0 Å². The maximum atomic E-state index is 8.46. The van der Waals surface area contributed by atoms with E-state index in [9.17, 15) is 0 Å². The molecule has 0 aliphatic rings. The van der Waals surface area contributed by atoms with Crippen LogP contribution < -0.4 is 0 Å². The fourth-order valence-corrected chi connectivity index (χ4v) is 0.731. The second-order valence-corrected chi connectivity index (χ2v) is 2.47. The smallest absolute Gasteiger partial charge is 0.227 e. The number of hydrogen-bond acceptors (Lipinski definition) is 4. The van der Waals surface area contributed by atoms with E-state index >= 15 is 0 Å². The molecule has 1 unspecified atom stereocenters. The molecule has 1 heterocycles. The van der Waals surface area contributed by atoms with Crippen molar-refractivity contribution in [3.63, 3.8) is 0 Å². The topological polar surface area (TPSA) is 62.7 Å². The summed E-state index contributed by atoms with van der Waals surface area (Å²) in [7, 11) is 0. The van der Waals surface area contributed by atoms with Crippen molar-refractivity contribution in [2.45, 2.75) is 20.3 Å². The highest BCUT2D eigenvalue weighted by molar-refractivity contribution is 4.90. The maximum absolute atomic E-state index is 8.46. The first-order valence-corrected chi connectivity index (χ1v) is 3.41. The minimum atomic E-state index is -0.0603. The molecule has 4 nitrogen and oxygen atoms in total. The van der Waals surface area contributed by atoms with Gasteiger partial charge in [0, 0.05) is 6.42 Å². The van der Waals surface area contributed by atoms with Crippen LogP contribution in [-0.4, -0.2) is 10.1 Å². The Morgan fingerprint density at radius 1 is 1.73 bits per heavy atom. The molecule has 0 bridgehead atoms. The standard InChI is InChI=1S/C7H9N3O/c1-5(4-8)3-7-9-6(2)10-11-7/h5H,3H2,1-2H3. The van der Waals surface area contributed by atoms with Gasteiger partial charge < -0.3 is 4.52 Å². The van der Waals surface area contributed by atoms with E-state index in [0.717, 1.165) is 0 Å². The Morgan fingerprint density at radius 3 is 2.91 bits per heavy atom. The van der Waals surface area contributed by atoms with Gasteiger partial charge in [-0.1, -0.05) is 5.16 Å². The molecule has 0 spiro atoms. The molecule has 58 valence electrons. The van der Waals surface area contributed by atoms with E-state index in [2.05, 4.69) is 16.2 Å². The Labute approximate surface area is 64.8 Å². The lowest BCUT2D eigenvalue weighted by molar-refractivity contribution is 0.366. The van der Waals surface area contributed by atoms with E-state index in [1.807, 2.05) is 6.92 Å². The normalized spacial score (nSPS) is 12.5. The second kappa shape index (κ2) is 3.15. The summed E-state index contributed by atoms with van der Waals surface area (Å²) in [5.74, 6) is 1.09. The lowest BCUT2D eigenvalue weighted by Gasteiger charge is -1.92. The van der Waals surface area contributed by atoms with Crippen LogP contribution in [0.15, 0.2) is 4.52 Å². The highest BCUT2D eigenvalue weighted by atomic mass is 16.5. The van der Waals surface area contributed by atoms with Crippen LogP contribution in [-0.2, 0) is 6.42 Å². The SMILES string of the molecule is Cc1noc(CC(C)C#N)n1. The summed E-state index contributed by atoms with van der Waals surface area (Å²) in [6, 6.07) is 2.09. The number of rotatable bonds is 2. The van der Waals surface area contributed by atoms with E-state index < -0.39 is 0 Å². The van der Waals surface area contributed by atoms with Crippen molar-refractivity contribution in [3.05, 3.63) is 11.7 Å². The Balaban J connectivity index is 2.59. The Hall–Kier alpha value is -1.37. The molecule has 4 heteroatoms. The average Bonchev–Trinajstić information content (AvgIpc) is 2.35. The van der Waals surface area contributed by atoms with Gasteiger partial charge in [-0.2, -0.15) is 10.2 Å². The largest absolute Gasteiger partial charge is 0.339 e. The minimum absolute atomic E-state index is 0.0603. The van der Waals surface area contributed by atoms with E-state index in [-0.39, 0.29) is 5.92 Å². The molecule has 11 heavy (non-hydrogen) atoms. The van der Waals surface area contributed by atoms with Crippen LogP contribution >= 0.6 is 0 Å². The van der Waals surface area contributed by atoms with Gasteiger partial charge in [0.2, 0.25) is 5.89 Å². The van der Waals surface area contributed by atoms with E-state index in [4.69, 9.17) is 9.78 Å². The highest BCUT2D eigenvalue weighted by Crippen LogP contribution is 2.04. The molecule has 1 aromatic heterocycles. The zero-order valence-corrected chi connectivity index (χ0v) is 6.53. The second-order valence-electron chi connectivity index (χ2n) is 2.47. The number of nitrogens with zero attached hydrogens (tertiary/aromatic N) is 3. The summed E-state index contributed by atoms with van der Waals surface area (Å²) < 4.78 is 4.82. The van der Waals surface area contributed by atoms with Gasteiger partial charge in [-0.3, -0.25) is 0 Å². The Kier molecular flexibility index (Phi) is 2.21. The Morgan fingerprint density at radius 2 is 2.45 bits per heavy atom. The third kappa shape index (κ3) is 2.04. The quantitative estimate of drug-likeness (QED) is 0.634. The molecule has 0 amide bonds. The van der Waals surface area contributed by atoms with Crippen molar-refractivity contribution >= 4 is 0 Å². The van der Waals surface area contributed by atoms with Gasteiger partial charge in [0.15, 0.2) is 5.82 Å². The lowest BCUT2D eigenvalue weighted by atomic mass is 10.1. The van der Waals surface area contributed by atoms with Crippen LogP contribution in [0.2, 0.25) is 0 Å². The third-order valence-corrected chi connectivity index (χ3v) is 1.27. The van der Waals surface area contributed by atoms with Crippen molar-refractivity contribution in [1.82, 2.24) is 10.1 Å². The number of aryl methyl sites for hydroxylation is 1. The van der Waals surface area contributed by atoms with Crippen LogP contribution in [0.1, 0.15) is 18.6 Å². The zero-order valence-electron chi connectivity index (χ0n) is 6.53. The fraction of sp³-hybridized carbons (Fsp3) is 0.571. The summed E-state index contributed by atoms with van der Waals surface area (Å²) >= 11 is 0. The predicted molar refractivity (Wildman–Crippen MR) is 37.5 cm³/mol. The summed E-state index contributed by atoms with van der Waals surface area (Å²) in [5, 5.41) is 12.1. The molecular weight excluding hydrogens is 142 g/mol. The van der Waals surface area contributed by atoms with Crippen LogP contribution in [0.3, 0.4) is 0 Å². The first-order valence-electron chi connectivity index (χ1n) is 3.41. The zero-order chi connectivity index (χ0) is 8.27. The van der Waals surface area contributed by atoms with E-state index in [1.54, 1.807) is 6.92 Å². The molecule has 0 saturated carbocycles. The number of nitriles is 1. The summed E-state index contributed by atoms with van der Waals surface area (Å²) in [6.45, 7) is 3.57. The Bertz CT molecular complexity index is 273. The number of aromatic nitrogens is 2. The van der Waals surface area contributed by atoms with Crippen molar-refractivity contribution in [1.29, 1.82) is 5.26 Å². The van der Waals surface area contributed by atoms with Gasteiger partial charge in [-0.15, -0.1) is 0 Å². The van der Waals surface area contributed by atoms with E-state index in [1.165, 1.54) is 0 Å². The van der Waals surface area contributed by atoms with Crippen molar-refractivity contribution in [2.75, 3.05) is 0 Å². The van der Waals surface area contributed by atoms with Crippen LogP contribution in [0.25, 0.3) is 0 Å². The molecule has 0 saturated heterocycles. The van der Waals surface area contributed by atoms with Gasteiger partial charge in [0.05, 0.1) is 12.0 Å².